The van der Waals surface area contributed by atoms with Gasteiger partial charge in [0.15, 0.2) is 0 Å². The minimum absolute atomic E-state index is 0.384. The van der Waals surface area contributed by atoms with Crippen LogP contribution in [-0.2, 0) is 6.54 Å². The van der Waals surface area contributed by atoms with Gasteiger partial charge in [-0.3, -0.25) is 0 Å². The molecule has 0 fully saturated rings. The van der Waals surface area contributed by atoms with Gasteiger partial charge in [0, 0.05) is 6.54 Å². The maximum atomic E-state index is 3.56. The molecule has 1 N–H and O–H groups in total. The van der Waals surface area contributed by atoms with E-state index in [4.69, 9.17) is 0 Å². The molecule has 1 rings (SSSR count). The topological polar surface area (TPSA) is 12.0 Å². The molecule has 1 aromatic carbocycles. The molecule has 1 heteroatoms. The monoisotopic (exact) mass is 233 g/mol. The van der Waals surface area contributed by atoms with Gasteiger partial charge in [0.2, 0.25) is 0 Å². The molecule has 1 aromatic rings. The molecule has 1 nitrogen and oxygen atoms in total. The highest BCUT2D eigenvalue weighted by Gasteiger charge is 2.18. The molecule has 17 heavy (non-hydrogen) atoms. The standard InChI is InChI=1S/C16H27N/c1-12-7-13(2)9-15(8-12)11-17-10-14(3)16(4,5)6/h7-9,14,17H,10-11H2,1-6H3. The molecule has 1 unspecified atom stereocenters. The Morgan fingerprint density at radius 1 is 1.06 bits per heavy atom. The minimum Gasteiger partial charge on any atom is -0.312 e. The van der Waals surface area contributed by atoms with Crippen molar-refractivity contribution < 1.29 is 0 Å². The van der Waals surface area contributed by atoms with Gasteiger partial charge in [-0.15, -0.1) is 0 Å². The van der Waals surface area contributed by atoms with E-state index in [0.29, 0.717) is 11.3 Å². The van der Waals surface area contributed by atoms with Crippen LogP contribution in [0, 0.1) is 25.2 Å². The zero-order valence-corrected chi connectivity index (χ0v) is 12.2. The number of nitrogens with one attached hydrogen (secondary N) is 1. The molecule has 0 amide bonds. The highest BCUT2D eigenvalue weighted by atomic mass is 14.9. The number of hydrogen-bond donors (Lipinski definition) is 1. The molecular weight excluding hydrogens is 206 g/mol. The highest BCUT2D eigenvalue weighted by Crippen LogP contribution is 2.24. The fourth-order valence-corrected chi connectivity index (χ4v) is 1.91. The summed E-state index contributed by atoms with van der Waals surface area (Å²) in [5.74, 6) is 0.688. The normalized spacial score (nSPS) is 13.8. The zero-order chi connectivity index (χ0) is 13.1. The molecule has 0 spiro atoms. The lowest BCUT2D eigenvalue weighted by atomic mass is 9.82. The summed E-state index contributed by atoms with van der Waals surface area (Å²) in [5.41, 5.74) is 4.48. The van der Waals surface area contributed by atoms with E-state index in [-0.39, 0.29) is 0 Å². The molecule has 0 aromatic heterocycles. The first-order chi connectivity index (χ1) is 7.79. The van der Waals surface area contributed by atoms with Crippen LogP contribution in [0.2, 0.25) is 0 Å². The summed E-state index contributed by atoms with van der Waals surface area (Å²) >= 11 is 0. The first-order valence-electron chi connectivity index (χ1n) is 6.57. The van der Waals surface area contributed by atoms with Crippen LogP contribution >= 0.6 is 0 Å². The molecule has 0 aliphatic heterocycles. The van der Waals surface area contributed by atoms with Crippen LogP contribution in [0.25, 0.3) is 0 Å². The van der Waals surface area contributed by atoms with E-state index in [1.54, 1.807) is 0 Å². The Hall–Kier alpha value is -0.820. The van der Waals surface area contributed by atoms with Crippen LogP contribution in [0.4, 0.5) is 0 Å². The summed E-state index contributed by atoms with van der Waals surface area (Å²) < 4.78 is 0. The Bertz CT molecular complexity index is 340. The molecule has 0 radical (unpaired) electrons. The van der Waals surface area contributed by atoms with Gasteiger partial charge >= 0.3 is 0 Å². The second kappa shape index (κ2) is 5.68. The average molecular weight is 233 g/mol. The fourth-order valence-electron chi connectivity index (χ4n) is 1.91. The summed E-state index contributed by atoms with van der Waals surface area (Å²) in [7, 11) is 0. The molecule has 0 heterocycles. The summed E-state index contributed by atoms with van der Waals surface area (Å²) in [5, 5.41) is 3.56. The summed E-state index contributed by atoms with van der Waals surface area (Å²) in [6.07, 6.45) is 0. The van der Waals surface area contributed by atoms with Crippen molar-refractivity contribution in [2.24, 2.45) is 11.3 Å². The SMILES string of the molecule is Cc1cc(C)cc(CNCC(C)C(C)(C)C)c1. The predicted molar refractivity (Wildman–Crippen MR) is 76.2 cm³/mol. The molecule has 0 saturated carbocycles. The largest absolute Gasteiger partial charge is 0.312 e. The van der Waals surface area contributed by atoms with Gasteiger partial charge in [0.1, 0.15) is 0 Å². The van der Waals surface area contributed by atoms with Crippen LogP contribution < -0.4 is 5.32 Å². The molecule has 1 atom stereocenters. The molecule has 0 aliphatic rings. The Kier molecular flexibility index (Phi) is 4.76. The van der Waals surface area contributed by atoms with Gasteiger partial charge in [-0.2, -0.15) is 0 Å². The Morgan fingerprint density at radius 2 is 1.59 bits per heavy atom. The van der Waals surface area contributed by atoms with E-state index >= 15 is 0 Å². The Labute approximate surface area is 107 Å². The van der Waals surface area contributed by atoms with E-state index in [2.05, 4.69) is 65.1 Å². The smallest absolute Gasteiger partial charge is 0.0205 e. The van der Waals surface area contributed by atoms with E-state index in [1.807, 2.05) is 0 Å². The number of benzene rings is 1. The molecule has 96 valence electrons. The second-order valence-electron chi connectivity index (χ2n) is 6.39. The first kappa shape index (κ1) is 14.2. The molecular formula is C16H27N. The number of rotatable bonds is 4. The van der Waals surface area contributed by atoms with E-state index in [9.17, 15) is 0 Å². The van der Waals surface area contributed by atoms with Crippen molar-refractivity contribution in [3.8, 4) is 0 Å². The molecule has 0 bridgehead atoms. The maximum Gasteiger partial charge on any atom is 0.0205 e. The lowest BCUT2D eigenvalue weighted by Gasteiger charge is -2.27. The van der Waals surface area contributed by atoms with Crippen LogP contribution in [0.15, 0.2) is 18.2 Å². The van der Waals surface area contributed by atoms with Crippen molar-refractivity contribution in [2.45, 2.75) is 48.1 Å². The van der Waals surface area contributed by atoms with Crippen LogP contribution in [0.5, 0.6) is 0 Å². The third-order valence-corrected chi connectivity index (χ3v) is 3.54. The number of aryl methyl sites for hydroxylation is 2. The fraction of sp³-hybridized carbons (Fsp3) is 0.625. The number of hydrogen-bond acceptors (Lipinski definition) is 1. The van der Waals surface area contributed by atoms with Crippen molar-refractivity contribution in [2.75, 3.05) is 6.54 Å². The van der Waals surface area contributed by atoms with Crippen LogP contribution in [0.3, 0.4) is 0 Å². The average Bonchev–Trinajstić information content (AvgIpc) is 2.14. The lowest BCUT2D eigenvalue weighted by Crippen LogP contribution is -2.29. The van der Waals surface area contributed by atoms with E-state index in [1.165, 1.54) is 16.7 Å². The quantitative estimate of drug-likeness (QED) is 0.826. The van der Waals surface area contributed by atoms with Crippen LogP contribution in [0.1, 0.15) is 44.4 Å². The molecule has 0 saturated heterocycles. The van der Waals surface area contributed by atoms with Crippen molar-refractivity contribution in [1.82, 2.24) is 5.32 Å². The third kappa shape index (κ3) is 4.91. The third-order valence-electron chi connectivity index (χ3n) is 3.54. The summed E-state index contributed by atoms with van der Waals surface area (Å²) in [6.45, 7) is 15.6. The van der Waals surface area contributed by atoms with E-state index < -0.39 is 0 Å². The molecule has 0 aliphatic carbocycles. The van der Waals surface area contributed by atoms with Gasteiger partial charge < -0.3 is 5.32 Å². The minimum atomic E-state index is 0.384. The van der Waals surface area contributed by atoms with Gasteiger partial charge in [-0.05, 0) is 37.3 Å². The van der Waals surface area contributed by atoms with Gasteiger partial charge in [-0.25, -0.2) is 0 Å². The Morgan fingerprint density at radius 3 is 2.06 bits per heavy atom. The Balaban J connectivity index is 2.46. The highest BCUT2D eigenvalue weighted by molar-refractivity contribution is 5.28. The van der Waals surface area contributed by atoms with Gasteiger partial charge in [0.05, 0.1) is 0 Å². The second-order valence-corrected chi connectivity index (χ2v) is 6.39. The lowest BCUT2D eigenvalue weighted by molar-refractivity contribution is 0.252. The first-order valence-corrected chi connectivity index (χ1v) is 6.57. The summed E-state index contributed by atoms with van der Waals surface area (Å²) in [6, 6.07) is 6.75. The maximum absolute atomic E-state index is 3.56. The van der Waals surface area contributed by atoms with Crippen molar-refractivity contribution in [1.29, 1.82) is 0 Å². The van der Waals surface area contributed by atoms with Crippen LogP contribution in [-0.4, -0.2) is 6.54 Å². The van der Waals surface area contributed by atoms with Crippen molar-refractivity contribution >= 4 is 0 Å². The van der Waals surface area contributed by atoms with Crippen molar-refractivity contribution in [3.05, 3.63) is 34.9 Å². The van der Waals surface area contributed by atoms with E-state index in [0.717, 1.165) is 13.1 Å². The van der Waals surface area contributed by atoms with Gasteiger partial charge in [0.25, 0.3) is 0 Å². The zero-order valence-electron chi connectivity index (χ0n) is 12.2. The van der Waals surface area contributed by atoms with Crippen molar-refractivity contribution in [3.63, 3.8) is 0 Å². The predicted octanol–water partition coefficient (Wildman–Crippen LogP) is 4.08. The summed E-state index contributed by atoms with van der Waals surface area (Å²) in [4.78, 5) is 0. The van der Waals surface area contributed by atoms with Gasteiger partial charge in [-0.1, -0.05) is 57.0 Å².